The third-order valence-electron chi connectivity index (χ3n) is 4.99. The van der Waals surface area contributed by atoms with Gasteiger partial charge in [0.15, 0.2) is 0 Å². The lowest BCUT2D eigenvalue weighted by atomic mass is 9.95. The lowest BCUT2D eigenvalue weighted by Gasteiger charge is -2.33. The van der Waals surface area contributed by atoms with E-state index in [0.717, 1.165) is 50.1 Å². The third-order valence-corrected chi connectivity index (χ3v) is 4.99. The van der Waals surface area contributed by atoms with Gasteiger partial charge in [-0.25, -0.2) is 4.98 Å². The summed E-state index contributed by atoms with van der Waals surface area (Å²) in [5, 5.41) is 0. The minimum Gasteiger partial charge on any atom is -0.481 e. The number of methoxy groups -OCH3 is 1. The molecular formula is C18H21N5O2. The Morgan fingerprint density at radius 2 is 2.04 bits per heavy atom. The number of anilines is 2. The van der Waals surface area contributed by atoms with Crippen molar-refractivity contribution in [1.82, 2.24) is 15.0 Å². The summed E-state index contributed by atoms with van der Waals surface area (Å²) in [5.74, 6) is 1.52. The summed E-state index contributed by atoms with van der Waals surface area (Å²) in [6, 6.07) is 3.68. The second kappa shape index (κ2) is 6.66. The minimum atomic E-state index is 0.0565. The second-order valence-corrected chi connectivity index (χ2v) is 6.40. The Labute approximate surface area is 146 Å². The van der Waals surface area contributed by atoms with Gasteiger partial charge in [0.05, 0.1) is 7.11 Å². The number of amides is 1. The maximum absolute atomic E-state index is 12.9. The summed E-state index contributed by atoms with van der Waals surface area (Å²) in [5.41, 5.74) is 2.19. The first-order chi connectivity index (χ1) is 12.3. The molecule has 0 spiro atoms. The van der Waals surface area contributed by atoms with Gasteiger partial charge in [-0.3, -0.25) is 9.78 Å². The number of hydrogen-bond donors (Lipinski definition) is 0. The van der Waals surface area contributed by atoms with E-state index in [-0.39, 0.29) is 11.8 Å². The van der Waals surface area contributed by atoms with Crippen LogP contribution in [0.3, 0.4) is 0 Å². The number of carbonyl (C=O) groups is 1. The summed E-state index contributed by atoms with van der Waals surface area (Å²) in [6.45, 7) is 2.32. The molecule has 7 nitrogen and oxygen atoms in total. The highest BCUT2D eigenvalue weighted by molar-refractivity contribution is 5.97. The molecule has 0 radical (unpaired) electrons. The summed E-state index contributed by atoms with van der Waals surface area (Å²) >= 11 is 0. The Kier molecular flexibility index (Phi) is 4.21. The van der Waals surface area contributed by atoms with Gasteiger partial charge in [-0.15, -0.1) is 0 Å². The quantitative estimate of drug-likeness (QED) is 0.847. The first-order valence-corrected chi connectivity index (χ1v) is 8.62. The topological polar surface area (TPSA) is 71.5 Å². The Morgan fingerprint density at radius 1 is 1.20 bits per heavy atom. The van der Waals surface area contributed by atoms with Crippen molar-refractivity contribution in [2.75, 3.05) is 36.5 Å². The van der Waals surface area contributed by atoms with Crippen LogP contribution < -0.4 is 14.5 Å². The maximum atomic E-state index is 12.9. The summed E-state index contributed by atoms with van der Waals surface area (Å²) in [7, 11) is 1.60. The van der Waals surface area contributed by atoms with Crippen LogP contribution in [0.25, 0.3) is 0 Å². The molecule has 4 heterocycles. The molecule has 0 aromatic carbocycles. The van der Waals surface area contributed by atoms with Crippen LogP contribution in [-0.4, -0.2) is 47.6 Å². The van der Waals surface area contributed by atoms with Crippen LogP contribution in [0.2, 0.25) is 0 Å². The molecule has 0 unspecified atom stereocenters. The number of carbonyl (C=O) groups excluding carboxylic acids is 1. The summed E-state index contributed by atoms with van der Waals surface area (Å²) < 4.78 is 5.16. The molecule has 0 saturated carbocycles. The standard InChI is InChI=1S/C18H21N5O2/c1-25-16-3-8-20-18(21-16)22-9-4-13(5-10-22)17(24)23-11-6-14-12-19-7-2-15(14)23/h2-3,7-8,12-13H,4-6,9-11H2,1H3. The normalized spacial score (nSPS) is 17.5. The minimum absolute atomic E-state index is 0.0565. The average Bonchev–Trinajstić information content (AvgIpc) is 3.12. The molecule has 0 aliphatic carbocycles. The lowest BCUT2D eigenvalue weighted by Crippen LogP contribution is -2.42. The molecule has 0 N–H and O–H groups in total. The van der Waals surface area contributed by atoms with Gasteiger partial charge >= 0.3 is 0 Å². The van der Waals surface area contributed by atoms with Crippen LogP contribution in [0.15, 0.2) is 30.7 Å². The van der Waals surface area contributed by atoms with Gasteiger partial charge < -0.3 is 14.5 Å². The van der Waals surface area contributed by atoms with Crippen molar-refractivity contribution >= 4 is 17.5 Å². The van der Waals surface area contributed by atoms with Crippen molar-refractivity contribution in [2.24, 2.45) is 5.92 Å². The number of piperidine rings is 1. The lowest BCUT2D eigenvalue weighted by molar-refractivity contribution is -0.122. The van der Waals surface area contributed by atoms with Crippen molar-refractivity contribution < 1.29 is 9.53 Å². The summed E-state index contributed by atoms with van der Waals surface area (Å²) in [4.78, 5) is 29.8. The molecule has 130 valence electrons. The molecule has 0 bridgehead atoms. The second-order valence-electron chi connectivity index (χ2n) is 6.40. The van der Waals surface area contributed by atoms with E-state index in [1.165, 1.54) is 0 Å². The molecule has 2 aliphatic rings. The van der Waals surface area contributed by atoms with Crippen LogP contribution >= 0.6 is 0 Å². The number of fused-ring (bicyclic) bond motifs is 1. The zero-order valence-electron chi connectivity index (χ0n) is 14.3. The highest BCUT2D eigenvalue weighted by Crippen LogP contribution is 2.31. The maximum Gasteiger partial charge on any atom is 0.230 e. The van der Waals surface area contributed by atoms with Crippen LogP contribution in [0, 0.1) is 5.92 Å². The van der Waals surface area contributed by atoms with Gasteiger partial charge in [0.1, 0.15) is 0 Å². The number of ether oxygens (including phenoxy) is 1. The molecule has 2 aliphatic heterocycles. The van der Waals surface area contributed by atoms with Crippen LogP contribution in [-0.2, 0) is 11.2 Å². The van der Waals surface area contributed by atoms with Crippen molar-refractivity contribution in [2.45, 2.75) is 19.3 Å². The van der Waals surface area contributed by atoms with E-state index < -0.39 is 0 Å². The first-order valence-electron chi connectivity index (χ1n) is 8.62. The third kappa shape index (κ3) is 3.01. The molecule has 2 aromatic heterocycles. The molecule has 0 atom stereocenters. The SMILES string of the molecule is COc1ccnc(N2CCC(C(=O)N3CCc4cnccc43)CC2)n1. The number of rotatable bonds is 3. The first kappa shape index (κ1) is 15.8. The van der Waals surface area contributed by atoms with Crippen LogP contribution in [0.1, 0.15) is 18.4 Å². The van der Waals surface area contributed by atoms with Gasteiger partial charge in [0.2, 0.25) is 17.7 Å². The van der Waals surface area contributed by atoms with E-state index in [0.29, 0.717) is 11.8 Å². The molecular weight excluding hydrogens is 318 g/mol. The number of pyridine rings is 1. The van der Waals surface area contributed by atoms with E-state index in [1.54, 1.807) is 25.6 Å². The Morgan fingerprint density at radius 3 is 2.84 bits per heavy atom. The number of nitrogens with zero attached hydrogens (tertiary/aromatic N) is 5. The summed E-state index contributed by atoms with van der Waals surface area (Å²) in [6.07, 6.45) is 7.85. The highest BCUT2D eigenvalue weighted by Gasteiger charge is 2.33. The highest BCUT2D eigenvalue weighted by atomic mass is 16.5. The Bertz CT molecular complexity index is 774. The molecule has 25 heavy (non-hydrogen) atoms. The molecule has 1 saturated heterocycles. The van der Waals surface area contributed by atoms with E-state index >= 15 is 0 Å². The zero-order valence-corrected chi connectivity index (χ0v) is 14.3. The van der Waals surface area contributed by atoms with Crippen molar-refractivity contribution in [1.29, 1.82) is 0 Å². The van der Waals surface area contributed by atoms with Gasteiger partial charge in [-0.1, -0.05) is 0 Å². The fourth-order valence-corrected chi connectivity index (χ4v) is 3.60. The predicted molar refractivity (Wildman–Crippen MR) is 93.8 cm³/mol. The zero-order chi connectivity index (χ0) is 17.2. The van der Waals surface area contributed by atoms with Crippen LogP contribution in [0.4, 0.5) is 11.6 Å². The largest absolute Gasteiger partial charge is 0.481 e. The van der Waals surface area contributed by atoms with Crippen molar-refractivity contribution in [3.8, 4) is 5.88 Å². The Hall–Kier alpha value is -2.70. The van der Waals surface area contributed by atoms with Gasteiger partial charge in [0, 0.05) is 55.9 Å². The molecule has 7 heteroatoms. The van der Waals surface area contributed by atoms with Crippen molar-refractivity contribution in [3.05, 3.63) is 36.3 Å². The smallest absolute Gasteiger partial charge is 0.230 e. The monoisotopic (exact) mass is 339 g/mol. The van der Waals surface area contributed by atoms with Gasteiger partial charge in [-0.2, -0.15) is 4.98 Å². The Balaban J connectivity index is 1.41. The van der Waals surface area contributed by atoms with Crippen LogP contribution in [0.5, 0.6) is 5.88 Å². The predicted octanol–water partition coefficient (Wildman–Crippen LogP) is 1.69. The van der Waals surface area contributed by atoms with Crippen molar-refractivity contribution in [3.63, 3.8) is 0 Å². The van der Waals surface area contributed by atoms with Gasteiger partial charge in [0.25, 0.3) is 0 Å². The molecule has 1 amide bonds. The van der Waals surface area contributed by atoms with Gasteiger partial charge in [-0.05, 0) is 30.9 Å². The van der Waals surface area contributed by atoms with E-state index in [1.807, 2.05) is 17.2 Å². The molecule has 2 aromatic rings. The molecule has 4 rings (SSSR count). The number of aromatic nitrogens is 3. The molecule has 1 fully saturated rings. The fourth-order valence-electron chi connectivity index (χ4n) is 3.60. The fraction of sp³-hybridized carbons (Fsp3) is 0.444. The van der Waals surface area contributed by atoms with E-state index in [2.05, 4.69) is 19.9 Å². The van der Waals surface area contributed by atoms with E-state index in [4.69, 9.17) is 4.74 Å². The van der Waals surface area contributed by atoms with E-state index in [9.17, 15) is 4.79 Å². The average molecular weight is 339 g/mol. The number of hydrogen-bond acceptors (Lipinski definition) is 6.